The van der Waals surface area contributed by atoms with E-state index in [9.17, 15) is 4.39 Å². The van der Waals surface area contributed by atoms with Crippen molar-refractivity contribution in [1.82, 2.24) is 0 Å². The zero-order valence-electron chi connectivity index (χ0n) is 13.6. The molecular weight excluding hydrogens is 327 g/mol. The lowest BCUT2D eigenvalue weighted by molar-refractivity contribution is 0.626. The minimum absolute atomic E-state index is 0.0936. The third-order valence-electron chi connectivity index (χ3n) is 4.82. The van der Waals surface area contributed by atoms with Crippen LogP contribution >= 0.6 is 15.9 Å². The minimum Gasteiger partial charge on any atom is -0.207 e. The van der Waals surface area contributed by atoms with Gasteiger partial charge in [0.15, 0.2) is 0 Å². The van der Waals surface area contributed by atoms with Crippen LogP contribution in [0, 0.1) is 47.4 Å². The lowest BCUT2D eigenvalue weighted by atomic mass is 9.86. The van der Waals surface area contributed by atoms with Gasteiger partial charge in [-0.15, -0.1) is 0 Å². The molecule has 1 atom stereocenters. The summed E-state index contributed by atoms with van der Waals surface area (Å²) in [5, 5.41) is 0. The third kappa shape index (κ3) is 2.78. The largest absolute Gasteiger partial charge is 0.207 e. The van der Waals surface area contributed by atoms with Gasteiger partial charge in [-0.3, -0.25) is 0 Å². The molecule has 21 heavy (non-hydrogen) atoms. The Labute approximate surface area is 135 Å². The van der Waals surface area contributed by atoms with Crippen molar-refractivity contribution in [3.05, 3.63) is 68.5 Å². The fraction of sp³-hybridized carbons (Fsp3) is 0.368. The van der Waals surface area contributed by atoms with Crippen LogP contribution in [0.15, 0.2) is 18.2 Å². The molecule has 0 fully saturated rings. The predicted octanol–water partition coefficient (Wildman–Crippen LogP) is 6.16. The van der Waals surface area contributed by atoms with E-state index in [0.717, 1.165) is 11.1 Å². The Morgan fingerprint density at radius 2 is 1.29 bits per heavy atom. The van der Waals surface area contributed by atoms with Gasteiger partial charge in [0, 0.05) is 0 Å². The maximum atomic E-state index is 13.3. The van der Waals surface area contributed by atoms with Crippen LogP contribution in [0.4, 0.5) is 4.39 Å². The average molecular weight is 349 g/mol. The molecule has 0 amide bonds. The standard InChI is InChI=1S/C19H22BrF/c1-10-9-16(21)7-8-17(10)19(20)18-14(5)12(3)11(2)13(4)15(18)6/h7-9,19H,1-6H3. The van der Waals surface area contributed by atoms with Gasteiger partial charge in [0.1, 0.15) is 5.82 Å². The van der Waals surface area contributed by atoms with Crippen molar-refractivity contribution in [3.63, 3.8) is 0 Å². The number of rotatable bonds is 2. The summed E-state index contributed by atoms with van der Waals surface area (Å²) in [6.45, 7) is 12.9. The van der Waals surface area contributed by atoms with E-state index < -0.39 is 0 Å². The Hall–Kier alpha value is -1.15. The quantitative estimate of drug-likeness (QED) is 0.570. The molecule has 0 nitrogen and oxygen atoms in total. The second kappa shape index (κ2) is 5.92. The molecule has 2 rings (SSSR count). The zero-order chi connectivity index (χ0) is 15.9. The Morgan fingerprint density at radius 3 is 1.76 bits per heavy atom. The molecule has 0 bridgehead atoms. The summed E-state index contributed by atoms with van der Waals surface area (Å²) in [5.41, 5.74) is 10.1. The summed E-state index contributed by atoms with van der Waals surface area (Å²) in [6, 6.07) is 5.02. The fourth-order valence-electron chi connectivity index (χ4n) is 2.99. The smallest absolute Gasteiger partial charge is 0.123 e. The van der Waals surface area contributed by atoms with E-state index in [2.05, 4.69) is 50.5 Å². The maximum Gasteiger partial charge on any atom is 0.123 e. The van der Waals surface area contributed by atoms with Crippen molar-refractivity contribution in [2.45, 2.75) is 46.4 Å². The van der Waals surface area contributed by atoms with Gasteiger partial charge < -0.3 is 0 Å². The van der Waals surface area contributed by atoms with Crippen molar-refractivity contribution in [2.24, 2.45) is 0 Å². The van der Waals surface area contributed by atoms with Gasteiger partial charge >= 0.3 is 0 Å². The first-order chi connectivity index (χ1) is 9.75. The van der Waals surface area contributed by atoms with Crippen molar-refractivity contribution >= 4 is 15.9 Å². The van der Waals surface area contributed by atoms with Crippen LogP contribution in [-0.4, -0.2) is 0 Å². The molecule has 0 radical (unpaired) electrons. The maximum absolute atomic E-state index is 13.3. The summed E-state index contributed by atoms with van der Waals surface area (Å²) in [7, 11) is 0. The SMILES string of the molecule is Cc1cc(F)ccc1C(Br)c1c(C)c(C)c(C)c(C)c1C. The first kappa shape index (κ1) is 16.2. The lowest BCUT2D eigenvalue weighted by Gasteiger charge is -2.23. The molecule has 112 valence electrons. The highest BCUT2D eigenvalue weighted by atomic mass is 79.9. The second-order valence-corrected chi connectivity index (χ2v) is 6.82. The molecule has 2 aromatic carbocycles. The number of alkyl halides is 1. The van der Waals surface area contributed by atoms with E-state index in [-0.39, 0.29) is 10.6 Å². The lowest BCUT2D eigenvalue weighted by Crippen LogP contribution is -2.06. The molecule has 0 N–H and O–H groups in total. The number of hydrogen-bond donors (Lipinski definition) is 0. The van der Waals surface area contributed by atoms with E-state index in [0.29, 0.717) is 0 Å². The molecule has 2 aromatic rings. The number of benzene rings is 2. The summed E-state index contributed by atoms with van der Waals surface area (Å²) in [5.74, 6) is -0.180. The van der Waals surface area contributed by atoms with E-state index in [4.69, 9.17) is 0 Å². The second-order valence-electron chi connectivity index (χ2n) is 5.90. The number of aryl methyl sites for hydroxylation is 1. The van der Waals surface area contributed by atoms with Crippen LogP contribution in [0.1, 0.15) is 49.3 Å². The van der Waals surface area contributed by atoms with Crippen molar-refractivity contribution in [1.29, 1.82) is 0 Å². The zero-order valence-corrected chi connectivity index (χ0v) is 15.2. The number of halogens is 2. The van der Waals surface area contributed by atoms with Gasteiger partial charge in [-0.05, 0) is 98.2 Å². The average Bonchev–Trinajstić information content (AvgIpc) is 2.43. The summed E-state index contributed by atoms with van der Waals surface area (Å²) >= 11 is 3.84. The van der Waals surface area contributed by atoms with Crippen LogP contribution in [0.2, 0.25) is 0 Å². The summed E-state index contributed by atoms with van der Waals surface area (Å²) < 4.78 is 13.3. The molecule has 0 aliphatic carbocycles. The monoisotopic (exact) mass is 348 g/mol. The van der Waals surface area contributed by atoms with Gasteiger partial charge in [-0.25, -0.2) is 4.39 Å². The predicted molar refractivity (Wildman–Crippen MR) is 92.0 cm³/mol. The fourth-order valence-corrected chi connectivity index (χ4v) is 4.19. The van der Waals surface area contributed by atoms with Gasteiger partial charge in [0.2, 0.25) is 0 Å². The van der Waals surface area contributed by atoms with Crippen molar-refractivity contribution in [2.75, 3.05) is 0 Å². The van der Waals surface area contributed by atoms with Gasteiger partial charge in [-0.2, -0.15) is 0 Å². The number of hydrogen-bond acceptors (Lipinski definition) is 0. The molecule has 2 heteroatoms. The van der Waals surface area contributed by atoms with E-state index in [1.54, 1.807) is 6.07 Å². The molecular formula is C19H22BrF. The van der Waals surface area contributed by atoms with Gasteiger partial charge in [-0.1, -0.05) is 22.0 Å². The van der Waals surface area contributed by atoms with Crippen LogP contribution in [-0.2, 0) is 0 Å². The van der Waals surface area contributed by atoms with Crippen molar-refractivity contribution in [3.8, 4) is 0 Å². The molecule has 0 aliphatic rings. The normalized spacial score (nSPS) is 12.6. The highest BCUT2D eigenvalue weighted by Gasteiger charge is 2.21. The first-order valence-electron chi connectivity index (χ1n) is 7.22. The minimum atomic E-state index is -0.180. The highest BCUT2D eigenvalue weighted by molar-refractivity contribution is 9.09. The Bertz CT molecular complexity index is 672. The molecule has 0 aromatic heterocycles. The molecule has 1 unspecified atom stereocenters. The van der Waals surface area contributed by atoms with Crippen LogP contribution in [0.25, 0.3) is 0 Å². The third-order valence-corrected chi connectivity index (χ3v) is 5.77. The molecule has 0 spiro atoms. The van der Waals surface area contributed by atoms with Gasteiger partial charge in [0.25, 0.3) is 0 Å². The Kier molecular flexibility index (Phi) is 4.57. The molecule has 0 saturated heterocycles. The van der Waals surface area contributed by atoms with Crippen LogP contribution in [0.3, 0.4) is 0 Å². The highest BCUT2D eigenvalue weighted by Crippen LogP contribution is 2.39. The summed E-state index contributed by atoms with van der Waals surface area (Å²) in [6.07, 6.45) is 0. The molecule has 0 saturated carbocycles. The topological polar surface area (TPSA) is 0 Å². The van der Waals surface area contributed by atoms with E-state index in [1.165, 1.54) is 39.4 Å². The van der Waals surface area contributed by atoms with E-state index in [1.807, 2.05) is 13.0 Å². The first-order valence-corrected chi connectivity index (χ1v) is 8.14. The van der Waals surface area contributed by atoms with Crippen molar-refractivity contribution < 1.29 is 4.39 Å². The molecule has 0 aliphatic heterocycles. The van der Waals surface area contributed by atoms with Crippen LogP contribution in [0.5, 0.6) is 0 Å². The van der Waals surface area contributed by atoms with E-state index >= 15 is 0 Å². The van der Waals surface area contributed by atoms with Gasteiger partial charge in [0.05, 0.1) is 4.83 Å². The Morgan fingerprint density at radius 1 is 0.810 bits per heavy atom. The Balaban J connectivity index is 2.66. The molecule has 0 heterocycles. The van der Waals surface area contributed by atoms with Crippen LogP contribution < -0.4 is 0 Å². The summed E-state index contributed by atoms with van der Waals surface area (Å²) in [4.78, 5) is 0.0936.